The average Bonchev–Trinajstić information content (AvgIpc) is 3.24. The van der Waals surface area contributed by atoms with Crippen LogP contribution in [0, 0.1) is 4.77 Å². The number of nitrogens with one attached hydrogen (secondary N) is 2. The van der Waals surface area contributed by atoms with E-state index in [9.17, 15) is 0 Å². The maximum atomic E-state index is 8.85. The van der Waals surface area contributed by atoms with Crippen LogP contribution in [0.4, 0.5) is 5.82 Å². The van der Waals surface area contributed by atoms with Crippen molar-refractivity contribution < 1.29 is 9.84 Å². The van der Waals surface area contributed by atoms with Gasteiger partial charge in [-0.1, -0.05) is 24.3 Å². The fourth-order valence-corrected chi connectivity index (χ4v) is 5.34. The van der Waals surface area contributed by atoms with Gasteiger partial charge in [-0.3, -0.25) is 9.80 Å². The summed E-state index contributed by atoms with van der Waals surface area (Å²) in [6.45, 7) is 10.8. The Morgan fingerprint density at radius 2 is 1.84 bits per heavy atom. The Morgan fingerprint density at radius 3 is 2.62 bits per heavy atom. The van der Waals surface area contributed by atoms with Crippen LogP contribution in [0.2, 0.25) is 0 Å². The van der Waals surface area contributed by atoms with E-state index in [0.29, 0.717) is 19.8 Å². The molecule has 0 radical (unpaired) electrons. The molecule has 2 aromatic heterocycles. The molecule has 3 N–H and O–H groups in total. The summed E-state index contributed by atoms with van der Waals surface area (Å²) >= 11 is 5.49. The number of nitrogens with zero attached hydrogens (tertiary/aromatic N) is 5. The summed E-state index contributed by atoms with van der Waals surface area (Å²) in [6, 6.07) is 12.8. The summed E-state index contributed by atoms with van der Waals surface area (Å²) in [6.07, 6.45) is 1.62. The summed E-state index contributed by atoms with van der Waals surface area (Å²) in [4.78, 5) is 17.3. The van der Waals surface area contributed by atoms with Gasteiger partial charge in [0.2, 0.25) is 0 Å². The second kappa shape index (κ2) is 12.1. The van der Waals surface area contributed by atoms with Gasteiger partial charge in [-0.15, -0.1) is 0 Å². The highest BCUT2D eigenvalue weighted by molar-refractivity contribution is 7.71. The summed E-state index contributed by atoms with van der Waals surface area (Å²) in [5.41, 5.74) is 5.56. The molecule has 0 spiro atoms. The van der Waals surface area contributed by atoms with E-state index in [4.69, 9.17) is 22.1 Å². The first-order valence-corrected chi connectivity index (χ1v) is 13.4. The SMILES string of the molecule is CCn1c(=S)[nH]c2cc3c(NCc4ccccc4CN4CCN(CCOCCO)CC4)ncnc3cc21. The summed E-state index contributed by atoms with van der Waals surface area (Å²) in [5, 5.41) is 13.4. The van der Waals surface area contributed by atoms with Crippen molar-refractivity contribution in [2.45, 2.75) is 26.6 Å². The van der Waals surface area contributed by atoms with E-state index >= 15 is 0 Å². The quantitative estimate of drug-likeness (QED) is 0.204. The molecule has 37 heavy (non-hydrogen) atoms. The predicted octanol–water partition coefficient (Wildman–Crippen LogP) is 3.40. The van der Waals surface area contributed by atoms with Gasteiger partial charge in [0.05, 0.1) is 36.4 Å². The van der Waals surface area contributed by atoms with Crippen LogP contribution in [0.1, 0.15) is 18.1 Å². The van der Waals surface area contributed by atoms with Gasteiger partial charge >= 0.3 is 0 Å². The largest absolute Gasteiger partial charge is 0.394 e. The molecule has 0 aliphatic carbocycles. The lowest BCUT2D eigenvalue weighted by Crippen LogP contribution is -2.46. The van der Waals surface area contributed by atoms with Crippen molar-refractivity contribution in [2.24, 2.45) is 0 Å². The molecule has 4 aromatic rings. The van der Waals surface area contributed by atoms with Crippen molar-refractivity contribution in [3.8, 4) is 0 Å². The van der Waals surface area contributed by atoms with Gasteiger partial charge in [-0.2, -0.15) is 0 Å². The van der Waals surface area contributed by atoms with Gasteiger partial charge in [0, 0.05) is 57.7 Å². The number of aliphatic hydroxyl groups is 1. The maximum Gasteiger partial charge on any atom is 0.178 e. The van der Waals surface area contributed by atoms with Crippen LogP contribution < -0.4 is 5.32 Å². The molecule has 0 bridgehead atoms. The third kappa shape index (κ3) is 6.00. The zero-order valence-corrected chi connectivity index (χ0v) is 22.1. The van der Waals surface area contributed by atoms with Crippen LogP contribution in [0.3, 0.4) is 0 Å². The number of H-pyrrole nitrogens is 1. The molecule has 0 atom stereocenters. The fourth-order valence-electron chi connectivity index (χ4n) is 5.00. The van der Waals surface area contributed by atoms with E-state index in [1.54, 1.807) is 6.33 Å². The number of benzene rings is 2. The molecule has 1 fully saturated rings. The van der Waals surface area contributed by atoms with Crippen molar-refractivity contribution in [2.75, 3.05) is 57.9 Å². The summed E-state index contributed by atoms with van der Waals surface area (Å²) in [7, 11) is 0. The number of hydrogen-bond acceptors (Lipinski definition) is 8. The lowest BCUT2D eigenvalue weighted by Gasteiger charge is -2.35. The zero-order chi connectivity index (χ0) is 25.6. The lowest BCUT2D eigenvalue weighted by atomic mass is 10.1. The third-order valence-electron chi connectivity index (χ3n) is 7.06. The third-order valence-corrected chi connectivity index (χ3v) is 7.38. The molecule has 2 aromatic carbocycles. The van der Waals surface area contributed by atoms with Crippen LogP contribution in [0.15, 0.2) is 42.7 Å². The number of aromatic nitrogens is 4. The van der Waals surface area contributed by atoms with Gasteiger partial charge < -0.3 is 24.7 Å². The summed E-state index contributed by atoms with van der Waals surface area (Å²) < 4.78 is 8.22. The van der Waals surface area contributed by atoms with Gasteiger partial charge in [-0.25, -0.2) is 9.97 Å². The van der Waals surface area contributed by atoms with Crippen LogP contribution in [-0.2, 0) is 24.4 Å². The molecule has 9 nitrogen and oxygen atoms in total. The number of anilines is 1. The molecular formula is C27H35N7O2S. The highest BCUT2D eigenvalue weighted by Gasteiger charge is 2.18. The fraction of sp³-hybridized carbons (Fsp3) is 0.444. The zero-order valence-electron chi connectivity index (χ0n) is 21.3. The number of fused-ring (bicyclic) bond motifs is 2. The Kier molecular flexibility index (Phi) is 8.42. The minimum atomic E-state index is 0.0843. The molecule has 10 heteroatoms. The first kappa shape index (κ1) is 25.7. The van der Waals surface area contributed by atoms with E-state index in [1.165, 1.54) is 11.1 Å². The van der Waals surface area contributed by atoms with Crippen molar-refractivity contribution >= 4 is 40.0 Å². The number of imidazole rings is 1. The minimum Gasteiger partial charge on any atom is -0.394 e. The number of rotatable bonds is 11. The van der Waals surface area contributed by atoms with Crippen molar-refractivity contribution in [3.05, 3.63) is 58.6 Å². The molecular weight excluding hydrogens is 486 g/mol. The standard InChI is InChI=1S/C27H35N7O2S/c1-2-34-25-16-23-22(15-24(25)31-27(34)37)26(30-19-29-23)28-17-20-5-3-4-6-21(20)18-33-9-7-32(8-10-33)11-13-36-14-12-35/h3-6,15-16,19,35H,2,7-14,17-18H2,1H3,(H,31,37)(H,28,29,30). The van der Waals surface area contributed by atoms with Gasteiger partial charge in [0.1, 0.15) is 12.1 Å². The number of aryl methyl sites for hydroxylation is 1. The average molecular weight is 522 g/mol. The van der Waals surface area contributed by atoms with E-state index in [-0.39, 0.29) is 6.61 Å². The Hall–Kier alpha value is -2.89. The Morgan fingerprint density at radius 1 is 1.05 bits per heavy atom. The van der Waals surface area contributed by atoms with Crippen molar-refractivity contribution in [1.29, 1.82) is 0 Å². The molecule has 5 rings (SSSR count). The molecule has 0 saturated carbocycles. The molecule has 0 amide bonds. The number of hydrogen-bond donors (Lipinski definition) is 3. The number of piperazine rings is 1. The Labute approximate surface area is 222 Å². The topological polar surface area (TPSA) is 94.5 Å². The lowest BCUT2D eigenvalue weighted by molar-refractivity contribution is 0.0563. The number of aliphatic hydroxyl groups excluding tert-OH is 1. The van der Waals surface area contributed by atoms with Crippen LogP contribution >= 0.6 is 12.2 Å². The summed E-state index contributed by atoms with van der Waals surface area (Å²) in [5.74, 6) is 0.822. The maximum absolute atomic E-state index is 8.85. The highest BCUT2D eigenvalue weighted by Crippen LogP contribution is 2.26. The van der Waals surface area contributed by atoms with E-state index in [0.717, 1.165) is 78.3 Å². The van der Waals surface area contributed by atoms with Crippen molar-refractivity contribution in [3.63, 3.8) is 0 Å². The Bertz CT molecular complexity index is 1390. The number of ether oxygens (including phenoxy) is 1. The minimum absolute atomic E-state index is 0.0843. The Balaban J connectivity index is 1.25. The second-order valence-corrected chi connectivity index (χ2v) is 9.75. The van der Waals surface area contributed by atoms with E-state index in [1.807, 2.05) is 0 Å². The molecule has 0 unspecified atom stereocenters. The van der Waals surface area contributed by atoms with Crippen LogP contribution in [0.5, 0.6) is 0 Å². The van der Waals surface area contributed by atoms with Crippen molar-refractivity contribution in [1.82, 2.24) is 29.3 Å². The molecule has 196 valence electrons. The van der Waals surface area contributed by atoms with Gasteiger partial charge in [-0.05, 0) is 42.4 Å². The predicted molar refractivity (Wildman–Crippen MR) is 149 cm³/mol. The second-order valence-electron chi connectivity index (χ2n) is 9.36. The molecule has 3 heterocycles. The van der Waals surface area contributed by atoms with Crippen LogP contribution in [0.25, 0.3) is 21.9 Å². The van der Waals surface area contributed by atoms with Gasteiger partial charge in [0.25, 0.3) is 0 Å². The normalized spacial score (nSPS) is 15.1. The van der Waals surface area contributed by atoms with Gasteiger partial charge in [0.15, 0.2) is 4.77 Å². The number of aromatic amines is 1. The monoisotopic (exact) mass is 521 g/mol. The smallest absolute Gasteiger partial charge is 0.178 e. The first-order chi connectivity index (χ1) is 18.2. The molecule has 1 saturated heterocycles. The molecule has 1 aliphatic heterocycles. The highest BCUT2D eigenvalue weighted by atomic mass is 32.1. The first-order valence-electron chi connectivity index (χ1n) is 13.0. The van der Waals surface area contributed by atoms with Crippen LogP contribution in [-0.4, -0.2) is 87.0 Å². The van der Waals surface area contributed by atoms with E-state index < -0.39 is 0 Å². The van der Waals surface area contributed by atoms with E-state index in [2.05, 4.69) is 78.0 Å². The molecule has 1 aliphatic rings.